The fourth-order valence-corrected chi connectivity index (χ4v) is 3.37. The van der Waals surface area contributed by atoms with E-state index in [9.17, 15) is 8.42 Å². The van der Waals surface area contributed by atoms with Crippen molar-refractivity contribution >= 4 is 32.3 Å². The summed E-state index contributed by atoms with van der Waals surface area (Å²) in [6, 6.07) is 0. The SMILES string of the molecule is CCn1cc(S(=O)(=O)Nc2nc(C)cs2)c(N)n1. The molecule has 3 N–H and O–H groups in total. The molecule has 98 valence electrons. The van der Waals surface area contributed by atoms with Crippen molar-refractivity contribution in [1.29, 1.82) is 0 Å². The predicted molar refractivity (Wildman–Crippen MR) is 70.0 cm³/mol. The quantitative estimate of drug-likeness (QED) is 0.875. The van der Waals surface area contributed by atoms with Crippen molar-refractivity contribution in [1.82, 2.24) is 14.8 Å². The summed E-state index contributed by atoms with van der Waals surface area (Å²) in [5.41, 5.74) is 6.35. The number of nitrogens with zero attached hydrogens (tertiary/aromatic N) is 3. The predicted octanol–water partition coefficient (Wildman–Crippen LogP) is 1.05. The smallest absolute Gasteiger partial charge is 0.268 e. The molecular weight excluding hydrogens is 274 g/mol. The molecule has 0 aliphatic rings. The van der Waals surface area contributed by atoms with E-state index in [2.05, 4.69) is 14.8 Å². The number of aryl methyl sites for hydroxylation is 2. The average molecular weight is 287 g/mol. The van der Waals surface area contributed by atoms with Crippen molar-refractivity contribution in [3.63, 3.8) is 0 Å². The zero-order valence-corrected chi connectivity index (χ0v) is 11.5. The van der Waals surface area contributed by atoms with Crippen LogP contribution in [0.4, 0.5) is 10.9 Å². The molecule has 0 bridgehead atoms. The molecule has 0 amide bonds. The van der Waals surface area contributed by atoms with Gasteiger partial charge in [0.1, 0.15) is 4.90 Å². The van der Waals surface area contributed by atoms with Gasteiger partial charge in [-0.05, 0) is 13.8 Å². The number of hydrogen-bond donors (Lipinski definition) is 2. The minimum atomic E-state index is -3.73. The number of anilines is 2. The topological polar surface area (TPSA) is 103 Å². The second-order valence-electron chi connectivity index (χ2n) is 3.63. The van der Waals surface area contributed by atoms with Crippen molar-refractivity contribution < 1.29 is 8.42 Å². The van der Waals surface area contributed by atoms with E-state index in [1.165, 1.54) is 22.2 Å². The average Bonchev–Trinajstić information content (AvgIpc) is 2.84. The van der Waals surface area contributed by atoms with Crippen LogP contribution in [0.2, 0.25) is 0 Å². The molecule has 9 heteroatoms. The van der Waals surface area contributed by atoms with Gasteiger partial charge in [-0.1, -0.05) is 0 Å². The van der Waals surface area contributed by atoms with Crippen LogP contribution in [-0.4, -0.2) is 23.2 Å². The number of hydrogen-bond acceptors (Lipinski definition) is 6. The van der Waals surface area contributed by atoms with E-state index in [1.807, 2.05) is 6.92 Å². The fraction of sp³-hybridized carbons (Fsp3) is 0.333. The first-order chi connectivity index (χ1) is 8.42. The van der Waals surface area contributed by atoms with Gasteiger partial charge >= 0.3 is 0 Å². The molecule has 0 saturated heterocycles. The normalized spacial score (nSPS) is 11.7. The summed E-state index contributed by atoms with van der Waals surface area (Å²) in [6.45, 7) is 4.19. The standard InChI is InChI=1S/C9H13N5O2S2/c1-3-14-4-7(8(10)12-14)18(15,16)13-9-11-6(2)5-17-9/h4-5H,3H2,1-2H3,(H2,10,12)(H,11,13). The Bertz CT molecular complexity index is 658. The maximum Gasteiger partial charge on any atom is 0.268 e. The van der Waals surface area contributed by atoms with Crippen molar-refractivity contribution in [2.45, 2.75) is 25.3 Å². The van der Waals surface area contributed by atoms with Gasteiger partial charge in [-0.25, -0.2) is 13.4 Å². The number of sulfonamides is 1. The molecule has 0 saturated carbocycles. The van der Waals surface area contributed by atoms with Gasteiger partial charge in [0.15, 0.2) is 10.9 Å². The van der Waals surface area contributed by atoms with Gasteiger partial charge in [-0.3, -0.25) is 9.40 Å². The van der Waals surface area contributed by atoms with Crippen LogP contribution in [0.5, 0.6) is 0 Å². The molecule has 2 heterocycles. The largest absolute Gasteiger partial charge is 0.381 e. The number of aromatic nitrogens is 3. The zero-order chi connectivity index (χ0) is 13.3. The molecule has 0 aliphatic heterocycles. The zero-order valence-electron chi connectivity index (χ0n) is 9.91. The van der Waals surface area contributed by atoms with Crippen molar-refractivity contribution in [3.8, 4) is 0 Å². The van der Waals surface area contributed by atoms with Crippen LogP contribution in [0.3, 0.4) is 0 Å². The van der Waals surface area contributed by atoms with Gasteiger partial charge in [0.05, 0.1) is 5.69 Å². The molecule has 0 spiro atoms. The van der Waals surface area contributed by atoms with E-state index in [1.54, 1.807) is 12.3 Å². The lowest BCUT2D eigenvalue weighted by Crippen LogP contribution is -2.13. The third-order valence-electron chi connectivity index (χ3n) is 2.21. The number of nitrogens with two attached hydrogens (primary N) is 1. The molecule has 0 atom stereocenters. The Morgan fingerprint density at radius 3 is 2.78 bits per heavy atom. The molecule has 2 aromatic heterocycles. The third-order valence-corrected chi connectivity index (χ3v) is 4.57. The molecule has 0 radical (unpaired) electrons. The van der Waals surface area contributed by atoms with E-state index in [0.29, 0.717) is 11.7 Å². The van der Waals surface area contributed by atoms with Gasteiger partial charge in [0.25, 0.3) is 10.0 Å². The van der Waals surface area contributed by atoms with Gasteiger partial charge in [0, 0.05) is 18.1 Å². The maximum atomic E-state index is 12.1. The highest BCUT2D eigenvalue weighted by molar-refractivity contribution is 7.93. The van der Waals surface area contributed by atoms with Crippen molar-refractivity contribution in [3.05, 3.63) is 17.3 Å². The Kier molecular flexibility index (Phi) is 3.26. The first-order valence-corrected chi connectivity index (χ1v) is 7.56. The number of thiazole rings is 1. The Balaban J connectivity index is 2.33. The van der Waals surface area contributed by atoms with Crippen LogP contribution < -0.4 is 10.5 Å². The van der Waals surface area contributed by atoms with E-state index in [0.717, 1.165) is 5.69 Å². The minimum Gasteiger partial charge on any atom is -0.381 e. The summed E-state index contributed by atoms with van der Waals surface area (Å²) in [6.07, 6.45) is 1.40. The summed E-state index contributed by atoms with van der Waals surface area (Å²) in [7, 11) is -3.73. The maximum absolute atomic E-state index is 12.1. The fourth-order valence-electron chi connectivity index (χ4n) is 1.36. The first-order valence-electron chi connectivity index (χ1n) is 5.20. The molecule has 2 rings (SSSR count). The van der Waals surface area contributed by atoms with E-state index in [-0.39, 0.29) is 10.7 Å². The Morgan fingerprint density at radius 1 is 1.56 bits per heavy atom. The van der Waals surface area contributed by atoms with E-state index >= 15 is 0 Å². The molecule has 0 aliphatic carbocycles. The Labute approximate surface area is 109 Å². The van der Waals surface area contributed by atoms with Crippen LogP contribution in [0.15, 0.2) is 16.5 Å². The number of rotatable bonds is 4. The molecule has 0 unspecified atom stereocenters. The minimum absolute atomic E-state index is 0.0161. The van der Waals surface area contributed by atoms with Crippen LogP contribution in [0.25, 0.3) is 0 Å². The second-order valence-corrected chi connectivity index (χ2v) is 6.14. The Hall–Kier alpha value is -1.61. The number of nitrogen functional groups attached to an aromatic ring is 1. The van der Waals surface area contributed by atoms with Gasteiger partial charge < -0.3 is 5.73 Å². The number of nitrogens with one attached hydrogen (secondary N) is 1. The molecular formula is C9H13N5O2S2. The van der Waals surface area contributed by atoms with Crippen molar-refractivity contribution in [2.24, 2.45) is 0 Å². The first kappa shape index (κ1) is 12.8. The lowest BCUT2D eigenvalue weighted by atomic mass is 10.6. The van der Waals surface area contributed by atoms with Crippen LogP contribution in [0.1, 0.15) is 12.6 Å². The lowest BCUT2D eigenvalue weighted by molar-refractivity contribution is 0.600. The Morgan fingerprint density at radius 2 is 2.28 bits per heavy atom. The highest BCUT2D eigenvalue weighted by Gasteiger charge is 2.22. The second kappa shape index (κ2) is 4.58. The van der Waals surface area contributed by atoms with E-state index < -0.39 is 10.0 Å². The van der Waals surface area contributed by atoms with Gasteiger partial charge in [-0.15, -0.1) is 11.3 Å². The van der Waals surface area contributed by atoms with Crippen molar-refractivity contribution in [2.75, 3.05) is 10.5 Å². The van der Waals surface area contributed by atoms with Gasteiger partial charge in [0.2, 0.25) is 0 Å². The third kappa shape index (κ3) is 2.46. The summed E-state index contributed by atoms with van der Waals surface area (Å²) in [5, 5.41) is 5.98. The summed E-state index contributed by atoms with van der Waals surface area (Å²) in [4.78, 5) is 4.01. The van der Waals surface area contributed by atoms with E-state index in [4.69, 9.17) is 5.73 Å². The lowest BCUT2D eigenvalue weighted by Gasteiger charge is -2.02. The molecule has 0 fully saturated rings. The summed E-state index contributed by atoms with van der Waals surface area (Å²) < 4.78 is 28.0. The highest BCUT2D eigenvalue weighted by Crippen LogP contribution is 2.22. The molecule has 7 nitrogen and oxygen atoms in total. The summed E-state index contributed by atoms with van der Waals surface area (Å²) in [5.74, 6) is -0.0161. The molecule has 0 aromatic carbocycles. The van der Waals surface area contributed by atoms with Gasteiger partial charge in [-0.2, -0.15) is 5.10 Å². The summed E-state index contributed by atoms with van der Waals surface area (Å²) >= 11 is 1.22. The molecule has 18 heavy (non-hydrogen) atoms. The monoisotopic (exact) mass is 287 g/mol. The van der Waals surface area contributed by atoms with Crippen LogP contribution in [0, 0.1) is 6.92 Å². The van der Waals surface area contributed by atoms with Crippen LogP contribution >= 0.6 is 11.3 Å². The van der Waals surface area contributed by atoms with Crippen LogP contribution in [-0.2, 0) is 16.6 Å². The highest BCUT2D eigenvalue weighted by atomic mass is 32.2. The molecule has 2 aromatic rings.